The molecule has 1 amide bonds. The molecular formula is C24H21N3O2S. The van der Waals surface area contributed by atoms with Crippen LogP contribution in [0.15, 0.2) is 71.8 Å². The molecule has 2 heterocycles. The van der Waals surface area contributed by atoms with Gasteiger partial charge in [0.15, 0.2) is 0 Å². The van der Waals surface area contributed by atoms with E-state index in [1.165, 1.54) is 33.4 Å². The molecule has 0 fully saturated rings. The number of fused-ring (bicyclic) bond motifs is 2. The summed E-state index contributed by atoms with van der Waals surface area (Å²) in [7, 11) is 0. The van der Waals surface area contributed by atoms with E-state index in [-0.39, 0.29) is 24.1 Å². The molecular weight excluding hydrogens is 394 g/mol. The Labute approximate surface area is 178 Å². The van der Waals surface area contributed by atoms with Crippen LogP contribution in [0.1, 0.15) is 30.0 Å². The van der Waals surface area contributed by atoms with Crippen LogP contribution in [0, 0.1) is 0 Å². The third kappa shape index (κ3) is 3.55. The van der Waals surface area contributed by atoms with Crippen molar-refractivity contribution >= 4 is 27.5 Å². The van der Waals surface area contributed by atoms with Crippen molar-refractivity contribution in [3.63, 3.8) is 0 Å². The van der Waals surface area contributed by atoms with E-state index in [1.54, 1.807) is 0 Å². The van der Waals surface area contributed by atoms with E-state index in [0.29, 0.717) is 10.2 Å². The van der Waals surface area contributed by atoms with Crippen molar-refractivity contribution in [1.82, 2.24) is 14.9 Å². The van der Waals surface area contributed by atoms with Gasteiger partial charge in [0.1, 0.15) is 11.4 Å². The number of carbonyl (C=O) groups is 1. The van der Waals surface area contributed by atoms with Gasteiger partial charge in [-0.3, -0.25) is 14.2 Å². The first-order valence-corrected chi connectivity index (χ1v) is 10.9. The Hall–Kier alpha value is -3.25. The predicted octanol–water partition coefficient (Wildman–Crippen LogP) is 4.32. The van der Waals surface area contributed by atoms with Crippen molar-refractivity contribution in [3.05, 3.63) is 88.5 Å². The summed E-state index contributed by atoms with van der Waals surface area (Å²) < 4.78 is 1.40. The maximum absolute atomic E-state index is 12.9. The number of benzene rings is 2. The number of carbonyl (C=O) groups excluding carboxylic acids is 1. The first kappa shape index (κ1) is 18.8. The molecule has 1 aliphatic rings. The Kier molecular flexibility index (Phi) is 4.93. The highest BCUT2D eigenvalue weighted by Crippen LogP contribution is 2.31. The zero-order chi connectivity index (χ0) is 20.5. The summed E-state index contributed by atoms with van der Waals surface area (Å²) in [4.78, 5) is 31.8. The van der Waals surface area contributed by atoms with Gasteiger partial charge in [-0.1, -0.05) is 54.6 Å². The molecule has 5 rings (SSSR count). The summed E-state index contributed by atoms with van der Waals surface area (Å²) in [6, 6.07) is 20.0. The maximum Gasteiger partial charge on any atom is 0.262 e. The van der Waals surface area contributed by atoms with Crippen LogP contribution in [0.3, 0.4) is 0 Å². The van der Waals surface area contributed by atoms with Gasteiger partial charge < -0.3 is 5.32 Å². The van der Waals surface area contributed by atoms with E-state index in [0.717, 1.165) is 29.7 Å². The predicted molar refractivity (Wildman–Crippen MR) is 120 cm³/mol. The molecule has 4 aromatic rings. The van der Waals surface area contributed by atoms with E-state index in [2.05, 4.69) is 22.4 Å². The first-order valence-electron chi connectivity index (χ1n) is 10.1. The molecule has 0 spiro atoms. The number of nitrogens with one attached hydrogen (secondary N) is 1. The molecule has 0 unspecified atom stereocenters. The number of hydrogen-bond donors (Lipinski definition) is 1. The van der Waals surface area contributed by atoms with Gasteiger partial charge in [-0.25, -0.2) is 4.98 Å². The number of aryl methyl sites for hydroxylation is 1. The van der Waals surface area contributed by atoms with Gasteiger partial charge in [-0.15, -0.1) is 11.3 Å². The minimum absolute atomic E-state index is 0.000623. The second-order valence-corrected chi connectivity index (χ2v) is 8.61. The lowest BCUT2D eigenvalue weighted by Gasteiger charge is -2.26. The Bertz CT molecular complexity index is 1280. The molecule has 0 bridgehead atoms. The summed E-state index contributed by atoms with van der Waals surface area (Å²) in [6.45, 7) is -0.0308. The Morgan fingerprint density at radius 1 is 1.13 bits per heavy atom. The average molecular weight is 416 g/mol. The average Bonchev–Trinajstić information content (AvgIpc) is 3.22. The lowest BCUT2D eigenvalue weighted by molar-refractivity contribution is -0.122. The van der Waals surface area contributed by atoms with E-state index >= 15 is 0 Å². The summed E-state index contributed by atoms with van der Waals surface area (Å²) in [5, 5.41) is 3.66. The minimum atomic E-state index is -0.183. The lowest BCUT2D eigenvalue weighted by atomic mass is 9.88. The van der Waals surface area contributed by atoms with Crippen molar-refractivity contribution in [2.75, 3.05) is 0 Å². The zero-order valence-electron chi connectivity index (χ0n) is 16.4. The Balaban J connectivity index is 1.37. The van der Waals surface area contributed by atoms with Gasteiger partial charge in [0.05, 0.1) is 17.8 Å². The third-order valence-corrected chi connectivity index (χ3v) is 6.69. The molecule has 5 nitrogen and oxygen atoms in total. The van der Waals surface area contributed by atoms with Crippen molar-refractivity contribution in [2.24, 2.45) is 0 Å². The quantitative estimate of drug-likeness (QED) is 0.540. The number of thiophene rings is 1. The van der Waals surface area contributed by atoms with Gasteiger partial charge in [0.2, 0.25) is 5.91 Å². The highest BCUT2D eigenvalue weighted by atomic mass is 32.1. The molecule has 30 heavy (non-hydrogen) atoms. The van der Waals surface area contributed by atoms with Crippen LogP contribution in [0.4, 0.5) is 0 Å². The van der Waals surface area contributed by atoms with Crippen LogP contribution in [0.5, 0.6) is 0 Å². The lowest BCUT2D eigenvalue weighted by Crippen LogP contribution is -2.36. The van der Waals surface area contributed by atoms with Gasteiger partial charge in [-0.2, -0.15) is 0 Å². The van der Waals surface area contributed by atoms with Crippen LogP contribution in [0.25, 0.3) is 20.7 Å². The smallest absolute Gasteiger partial charge is 0.262 e. The normalized spacial score (nSPS) is 15.7. The fourth-order valence-corrected chi connectivity index (χ4v) is 5.11. The summed E-state index contributed by atoms with van der Waals surface area (Å²) in [6.07, 6.45) is 4.49. The third-order valence-electron chi connectivity index (χ3n) is 5.60. The number of aromatic nitrogens is 2. The zero-order valence-corrected chi connectivity index (χ0v) is 17.2. The SMILES string of the molecule is O=C(Cn1cnc2sc(-c3ccccc3)cc2c1=O)N[C@@H]1CCCc2ccccc21. The van der Waals surface area contributed by atoms with Crippen LogP contribution in [0.2, 0.25) is 0 Å². The van der Waals surface area contributed by atoms with Crippen LogP contribution in [-0.4, -0.2) is 15.5 Å². The highest BCUT2D eigenvalue weighted by Gasteiger charge is 2.21. The molecule has 0 radical (unpaired) electrons. The van der Waals surface area contributed by atoms with Gasteiger partial charge in [0.25, 0.3) is 5.56 Å². The van der Waals surface area contributed by atoms with Gasteiger partial charge >= 0.3 is 0 Å². The molecule has 2 aromatic heterocycles. The molecule has 150 valence electrons. The van der Waals surface area contributed by atoms with Crippen molar-refractivity contribution in [3.8, 4) is 10.4 Å². The van der Waals surface area contributed by atoms with E-state index < -0.39 is 0 Å². The molecule has 1 aliphatic carbocycles. The minimum Gasteiger partial charge on any atom is -0.348 e. The molecule has 0 saturated heterocycles. The Morgan fingerprint density at radius 3 is 2.80 bits per heavy atom. The van der Waals surface area contributed by atoms with Crippen molar-refractivity contribution < 1.29 is 4.79 Å². The van der Waals surface area contributed by atoms with Crippen LogP contribution < -0.4 is 10.9 Å². The van der Waals surface area contributed by atoms with E-state index in [9.17, 15) is 9.59 Å². The number of hydrogen-bond acceptors (Lipinski definition) is 4. The highest BCUT2D eigenvalue weighted by molar-refractivity contribution is 7.21. The number of nitrogens with zero attached hydrogens (tertiary/aromatic N) is 2. The maximum atomic E-state index is 12.9. The van der Waals surface area contributed by atoms with Crippen LogP contribution >= 0.6 is 11.3 Å². The van der Waals surface area contributed by atoms with Crippen LogP contribution in [-0.2, 0) is 17.8 Å². The molecule has 1 atom stereocenters. The molecule has 0 saturated carbocycles. The number of amides is 1. The molecule has 2 aromatic carbocycles. The van der Waals surface area contributed by atoms with E-state index in [1.807, 2.05) is 48.5 Å². The monoisotopic (exact) mass is 415 g/mol. The van der Waals surface area contributed by atoms with Gasteiger partial charge in [0, 0.05) is 4.88 Å². The fraction of sp³-hybridized carbons (Fsp3) is 0.208. The molecule has 0 aliphatic heterocycles. The second kappa shape index (κ2) is 7.88. The van der Waals surface area contributed by atoms with Crippen molar-refractivity contribution in [2.45, 2.75) is 31.8 Å². The number of rotatable bonds is 4. The largest absolute Gasteiger partial charge is 0.348 e. The van der Waals surface area contributed by atoms with Gasteiger partial charge in [-0.05, 0) is 42.0 Å². The first-order chi connectivity index (χ1) is 14.7. The standard InChI is InChI=1S/C24H21N3O2S/c28-22(26-20-12-6-10-16-7-4-5-11-18(16)20)14-27-15-25-23-19(24(27)29)13-21(30-23)17-8-2-1-3-9-17/h1-5,7-9,11,13,15,20H,6,10,12,14H2,(H,26,28)/t20-/m1/s1. The summed E-state index contributed by atoms with van der Waals surface area (Å²) in [5.74, 6) is -0.168. The fourth-order valence-electron chi connectivity index (χ4n) is 4.12. The molecule has 6 heteroatoms. The summed E-state index contributed by atoms with van der Waals surface area (Å²) >= 11 is 1.49. The second-order valence-electron chi connectivity index (χ2n) is 7.58. The summed E-state index contributed by atoms with van der Waals surface area (Å²) in [5.41, 5.74) is 3.35. The van der Waals surface area contributed by atoms with E-state index in [4.69, 9.17) is 0 Å². The molecule has 1 N–H and O–H groups in total. The Morgan fingerprint density at radius 2 is 1.93 bits per heavy atom. The van der Waals surface area contributed by atoms with Crippen molar-refractivity contribution in [1.29, 1.82) is 0 Å². The topological polar surface area (TPSA) is 64.0 Å².